The van der Waals surface area contributed by atoms with E-state index in [-0.39, 0.29) is 30.2 Å². The summed E-state index contributed by atoms with van der Waals surface area (Å²) in [5.41, 5.74) is 3.79. The van der Waals surface area contributed by atoms with Gasteiger partial charge in [-0.05, 0) is 87.0 Å². The van der Waals surface area contributed by atoms with Gasteiger partial charge in [-0.15, -0.1) is 16.1 Å². The van der Waals surface area contributed by atoms with E-state index in [0.717, 1.165) is 41.0 Å². The molecule has 2 unspecified atom stereocenters. The van der Waals surface area contributed by atoms with E-state index in [1.807, 2.05) is 36.6 Å². The predicted molar refractivity (Wildman–Crippen MR) is 226 cm³/mol. The summed E-state index contributed by atoms with van der Waals surface area (Å²) in [5.74, 6) is 0.00452. The van der Waals surface area contributed by atoms with E-state index in [4.69, 9.17) is 21.1 Å². The molecule has 1 aromatic heterocycles. The van der Waals surface area contributed by atoms with Crippen LogP contribution in [0, 0.1) is 0 Å². The number of thiophene rings is 1. The van der Waals surface area contributed by atoms with Crippen molar-refractivity contribution < 1.29 is 38.3 Å². The van der Waals surface area contributed by atoms with Gasteiger partial charge in [0.05, 0.1) is 35.2 Å². The summed E-state index contributed by atoms with van der Waals surface area (Å²) in [6.45, 7) is 9.89. The molecule has 5 rings (SSSR count). The Bertz CT molecular complexity index is 1860. The zero-order valence-electron chi connectivity index (χ0n) is 32.8. The Hall–Kier alpha value is -4.16. The van der Waals surface area contributed by atoms with E-state index in [2.05, 4.69) is 27.3 Å². The number of piperidine rings is 1. The number of hydrogen-bond donors (Lipinski definition) is 5. The quantitative estimate of drug-likeness (QED) is 0.0353. The lowest BCUT2D eigenvalue weighted by molar-refractivity contribution is -0.131. The van der Waals surface area contributed by atoms with Gasteiger partial charge in [-0.3, -0.25) is 24.5 Å². The molecule has 2 atom stereocenters. The zero-order valence-corrected chi connectivity index (χ0v) is 35.2. The molecule has 0 spiro atoms. The molecule has 314 valence electrons. The fourth-order valence-electron chi connectivity index (χ4n) is 6.93. The highest BCUT2D eigenvalue weighted by Crippen LogP contribution is 2.34. The number of likely N-dealkylation sites (tertiary alicyclic amines) is 1. The normalized spacial score (nSPS) is 15.2. The maximum atomic E-state index is 13.1. The Morgan fingerprint density at radius 1 is 1.17 bits per heavy atom. The molecule has 0 saturated carbocycles. The van der Waals surface area contributed by atoms with Crippen LogP contribution in [0.5, 0.6) is 11.5 Å². The molecule has 1 saturated heterocycles. The molecule has 0 aliphatic carbocycles. The minimum absolute atomic E-state index is 0.0322. The van der Waals surface area contributed by atoms with Crippen molar-refractivity contribution in [2.24, 2.45) is 0 Å². The Labute approximate surface area is 352 Å². The number of fused-ring (bicyclic) bond motifs is 1. The topological polar surface area (TPSA) is 185 Å². The average Bonchev–Trinajstić information content (AvgIpc) is 3.78. The number of aromatic hydroxyl groups is 1. The second-order valence-electron chi connectivity index (χ2n) is 14.1. The molecule has 0 radical (unpaired) electrons. The second-order valence-corrected chi connectivity index (χ2v) is 16.7. The monoisotopic (exact) mass is 856 g/mol. The molecule has 5 N–H and O–H groups in total. The van der Waals surface area contributed by atoms with Crippen LogP contribution in [0.25, 0.3) is 0 Å². The van der Waals surface area contributed by atoms with Gasteiger partial charge in [0.15, 0.2) is 0 Å². The Kier molecular flexibility index (Phi) is 17.7. The number of phenols is 1. The number of nitrogens with one attached hydrogen (secondary N) is 4. The predicted octanol–water partition coefficient (Wildman–Crippen LogP) is 5.01. The average molecular weight is 857 g/mol. The third-order valence-electron chi connectivity index (χ3n) is 10.1. The highest BCUT2D eigenvalue weighted by molar-refractivity contribution is 7.92. The van der Waals surface area contributed by atoms with Crippen LogP contribution in [0.15, 0.2) is 53.8 Å². The lowest BCUT2D eigenvalue weighted by atomic mass is 10.1. The summed E-state index contributed by atoms with van der Waals surface area (Å²) in [6, 6.07) is 10.5. The van der Waals surface area contributed by atoms with Crippen LogP contribution in [0.1, 0.15) is 77.4 Å². The number of phenolic OH excluding ortho intramolecular Hbond substituents is 1. The number of anilines is 1. The number of aryl methyl sites for hydroxylation is 1. The molecule has 4 amide bonds. The molecule has 3 heterocycles. The molecule has 17 heteroatoms. The second kappa shape index (κ2) is 22.8. The van der Waals surface area contributed by atoms with Crippen molar-refractivity contribution in [2.45, 2.75) is 83.6 Å². The molecule has 2 aliphatic rings. The standard InChI is InChI=1S/C41H53ClN6O8S2/c1-3-7-36(40(52)45-27-49)48-24-32-33(41(48)53)26-57-38(32)25-56-31-11-9-28(10-12-31)22-43-15-6-19-55-18-5-8-29-20-37(50)35(21-34(29)42)44-23-39(51)47-16-13-30(14-17-47)46-58(54)4-2/h4,9-12,20-21,26-27,30,36,43-44,46,50H,2-3,5-8,13-19,22-25H2,1H3,(H,45,49,52). The fourth-order valence-corrected chi connectivity index (χ4v) is 8.80. The van der Waals surface area contributed by atoms with Gasteiger partial charge in [-0.1, -0.05) is 37.1 Å². The number of ether oxygens (including phenoxy) is 2. The highest BCUT2D eigenvalue weighted by Gasteiger charge is 2.38. The van der Waals surface area contributed by atoms with Crippen molar-refractivity contribution >= 4 is 64.1 Å². The minimum atomic E-state index is -1.27. The molecule has 58 heavy (non-hydrogen) atoms. The van der Waals surface area contributed by atoms with Crippen LogP contribution < -0.4 is 25.4 Å². The smallest absolute Gasteiger partial charge is 0.256 e. The van der Waals surface area contributed by atoms with Gasteiger partial charge in [-0.25, -0.2) is 0 Å². The third kappa shape index (κ3) is 12.7. The number of rotatable bonds is 24. The van der Waals surface area contributed by atoms with Crippen LogP contribution >= 0.6 is 22.9 Å². The van der Waals surface area contributed by atoms with Gasteiger partial charge in [0.1, 0.15) is 29.6 Å². The molecule has 0 bridgehead atoms. The van der Waals surface area contributed by atoms with Gasteiger partial charge in [0.25, 0.3) is 5.91 Å². The van der Waals surface area contributed by atoms with Gasteiger partial charge in [0, 0.05) is 60.2 Å². The Morgan fingerprint density at radius 3 is 2.66 bits per heavy atom. The van der Waals surface area contributed by atoms with Crippen LogP contribution in [0.2, 0.25) is 5.02 Å². The Balaban J connectivity index is 0.925. The SMILES string of the molecule is C=C[S+]([O-])NC1CCN(C(=O)CNc2cc(Cl)c(CCCOCCCNCc3ccc(OCc4scc5c4CN(C(CCC)C(=O)NC=O)C5=O)cc3)cc2O)CC1. The van der Waals surface area contributed by atoms with Crippen molar-refractivity contribution in [2.75, 3.05) is 44.7 Å². The van der Waals surface area contributed by atoms with Crippen LogP contribution in [-0.4, -0.2) is 95.1 Å². The largest absolute Gasteiger partial charge is 0.593 e. The van der Waals surface area contributed by atoms with Crippen molar-refractivity contribution in [3.8, 4) is 11.5 Å². The lowest BCUT2D eigenvalue weighted by Crippen LogP contribution is -2.47. The maximum absolute atomic E-state index is 13.1. The molecular weight excluding hydrogens is 804 g/mol. The molecule has 1 fully saturated rings. The van der Waals surface area contributed by atoms with Crippen LogP contribution in [0.3, 0.4) is 0 Å². The van der Waals surface area contributed by atoms with Gasteiger partial charge < -0.3 is 39.6 Å². The van der Waals surface area contributed by atoms with Gasteiger partial charge in [0.2, 0.25) is 18.2 Å². The van der Waals surface area contributed by atoms with Crippen molar-refractivity contribution in [1.29, 1.82) is 0 Å². The van der Waals surface area contributed by atoms with E-state index >= 15 is 0 Å². The van der Waals surface area contributed by atoms with Crippen molar-refractivity contribution in [1.82, 2.24) is 25.2 Å². The summed E-state index contributed by atoms with van der Waals surface area (Å²) in [4.78, 5) is 53.3. The number of halogens is 1. The fraction of sp³-hybridized carbons (Fsp3) is 0.463. The lowest BCUT2D eigenvalue weighted by Gasteiger charge is -2.32. The Morgan fingerprint density at radius 2 is 1.93 bits per heavy atom. The van der Waals surface area contributed by atoms with Crippen LogP contribution in [0.4, 0.5) is 5.69 Å². The van der Waals surface area contributed by atoms with E-state index in [0.29, 0.717) is 107 Å². The first kappa shape index (κ1) is 44.9. The summed E-state index contributed by atoms with van der Waals surface area (Å²) >= 11 is 6.72. The number of benzene rings is 2. The number of nitrogens with zero attached hydrogens (tertiary/aromatic N) is 2. The summed E-state index contributed by atoms with van der Waals surface area (Å²) < 4.78 is 26.5. The number of imide groups is 1. The highest BCUT2D eigenvalue weighted by atomic mass is 35.5. The summed E-state index contributed by atoms with van der Waals surface area (Å²) in [6.07, 6.45) is 5.16. The van der Waals surface area contributed by atoms with E-state index in [9.17, 15) is 28.8 Å². The molecule has 2 aromatic carbocycles. The molecule has 14 nitrogen and oxygen atoms in total. The van der Waals surface area contributed by atoms with E-state index in [1.165, 1.54) is 16.7 Å². The number of carbonyl (C=O) groups excluding carboxylic acids is 4. The number of carbonyl (C=O) groups is 4. The van der Waals surface area contributed by atoms with E-state index < -0.39 is 23.3 Å². The first-order chi connectivity index (χ1) is 28.1. The third-order valence-corrected chi connectivity index (χ3v) is 12.3. The number of amides is 4. The maximum Gasteiger partial charge on any atom is 0.256 e. The molecular formula is C41H53ClN6O8S2. The zero-order chi connectivity index (χ0) is 41.4. The van der Waals surface area contributed by atoms with Crippen molar-refractivity contribution in [3.05, 3.63) is 85.9 Å². The van der Waals surface area contributed by atoms with Gasteiger partial charge in [-0.2, -0.15) is 0 Å². The molecule has 2 aliphatic heterocycles. The van der Waals surface area contributed by atoms with E-state index in [1.54, 1.807) is 21.9 Å². The molecule has 3 aromatic rings. The summed E-state index contributed by atoms with van der Waals surface area (Å²) in [7, 11) is 0. The summed E-state index contributed by atoms with van der Waals surface area (Å²) in [5, 5.41) is 22.9. The first-order valence-electron chi connectivity index (χ1n) is 19.6. The minimum Gasteiger partial charge on any atom is -0.593 e. The van der Waals surface area contributed by atoms with Gasteiger partial charge >= 0.3 is 0 Å². The van der Waals surface area contributed by atoms with Crippen LogP contribution in [-0.2, 0) is 56.6 Å². The first-order valence-corrected chi connectivity index (χ1v) is 22.1. The number of hydrogen-bond acceptors (Lipinski definition) is 12. The van der Waals surface area contributed by atoms with Crippen molar-refractivity contribution in [3.63, 3.8) is 0 Å².